The molecule has 2 unspecified atom stereocenters. The second-order valence-electron chi connectivity index (χ2n) is 3.96. The third kappa shape index (κ3) is 3.53. The Kier molecular flexibility index (Phi) is 4.59. The summed E-state index contributed by atoms with van der Waals surface area (Å²) < 4.78 is 0. The van der Waals surface area contributed by atoms with Crippen molar-refractivity contribution >= 4 is 5.69 Å². The molecule has 0 fully saturated rings. The van der Waals surface area contributed by atoms with Gasteiger partial charge in [-0.25, -0.2) is 0 Å². The molecule has 0 aliphatic heterocycles. The molecule has 0 saturated heterocycles. The van der Waals surface area contributed by atoms with Gasteiger partial charge in [0.2, 0.25) is 0 Å². The van der Waals surface area contributed by atoms with E-state index in [1.54, 1.807) is 0 Å². The fraction of sp³-hybridized carbons (Fsp3) is 0.500. The number of hydrogen-bond donors (Lipinski definition) is 3. The van der Waals surface area contributed by atoms with Crippen molar-refractivity contribution in [1.29, 1.82) is 0 Å². The van der Waals surface area contributed by atoms with E-state index in [-0.39, 0.29) is 12.5 Å². The predicted octanol–water partition coefficient (Wildman–Crippen LogP) is 1.19. The van der Waals surface area contributed by atoms with E-state index in [9.17, 15) is 5.11 Å². The Morgan fingerprint density at radius 1 is 1.33 bits per heavy atom. The zero-order chi connectivity index (χ0) is 11.3. The van der Waals surface area contributed by atoms with Crippen LogP contribution in [0.2, 0.25) is 0 Å². The monoisotopic (exact) mass is 209 g/mol. The Hall–Kier alpha value is -1.06. The molecule has 1 rings (SSSR count). The fourth-order valence-electron chi connectivity index (χ4n) is 1.47. The normalized spacial score (nSPS) is 14.9. The quantitative estimate of drug-likeness (QED) is 0.638. The Morgan fingerprint density at radius 3 is 2.60 bits per heavy atom. The third-order valence-corrected chi connectivity index (χ3v) is 2.71. The van der Waals surface area contributed by atoms with Crippen LogP contribution >= 0.6 is 0 Å². The first-order valence-electron chi connectivity index (χ1n) is 5.27. The fourth-order valence-corrected chi connectivity index (χ4v) is 1.47. The van der Waals surface area contributed by atoms with Crippen molar-refractivity contribution in [1.82, 2.24) is 0 Å². The van der Waals surface area contributed by atoms with Gasteiger partial charge in [-0.05, 0) is 24.5 Å². The third-order valence-electron chi connectivity index (χ3n) is 2.71. The van der Waals surface area contributed by atoms with Gasteiger partial charge in [-0.15, -0.1) is 0 Å². The van der Waals surface area contributed by atoms with E-state index < -0.39 is 6.10 Å². The molecule has 15 heavy (non-hydrogen) atoms. The summed E-state index contributed by atoms with van der Waals surface area (Å²) in [7, 11) is 0. The van der Waals surface area contributed by atoms with E-state index in [0.29, 0.717) is 6.42 Å². The van der Waals surface area contributed by atoms with Gasteiger partial charge in [0.1, 0.15) is 0 Å². The summed E-state index contributed by atoms with van der Waals surface area (Å²) in [6.07, 6.45) is 0.920. The number of rotatable bonds is 5. The van der Waals surface area contributed by atoms with Crippen molar-refractivity contribution in [3.63, 3.8) is 0 Å². The molecule has 0 radical (unpaired) electrons. The minimum atomic E-state index is -0.463. The van der Waals surface area contributed by atoms with E-state index in [1.165, 1.54) is 0 Å². The van der Waals surface area contributed by atoms with Gasteiger partial charge in [0.25, 0.3) is 0 Å². The number of aliphatic hydroxyl groups excluding tert-OH is 2. The average molecular weight is 209 g/mol. The van der Waals surface area contributed by atoms with Gasteiger partial charge in [0, 0.05) is 18.2 Å². The highest BCUT2D eigenvalue weighted by Crippen LogP contribution is 2.16. The number of nitrogen functional groups attached to an aromatic ring is 1. The number of benzene rings is 1. The molecule has 0 heterocycles. The van der Waals surface area contributed by atoms with Crippen molar-refractivity contribution in [3.8, 4) is 0 Å². The van der Waals surface area contributed by atoms with Crippen molar-refractivity contribution in [2.24, 2.45) is 5.92 Å². The van der Waals surface area contributed by atoms with E-state index in [0.717, 1.165) is 17.7 Å². The molecule has 2 atom stereocenters. The SMILES string of the molecule is CC(CO)C(O)CCc1ccccc1N. The number of aryl methyl sites for hydroxylation is 1. The van der Waals surface area contributed by atoms with Crippen LogP contribution in [0.3, 0.4) is 0 Å². The molecule has 0 aliphatic rings. The maximum absolute atomic E-state index is 9.67. The zero-order valence-electron chi connectivity index (χ0n) is 9.06. The van der Waals surface area contributed by atoms with Crippen LogP contribution in [-0.2, 0) is 6.42 Å². The first kappa shape index (κ1) is 12.0. The number of hydrogen-bond acceptors (Lipinski definition) is 3. The Bertz CT molecular complexity index is 301. The largest absolute Gasteiger partial charge is 0.399 e. The highest BCUT2D eigenvalue weighted by molar-refractivity contribution is 5.46. The summed E-state index contributed by atoms with van der Waals surface area (Å²) in [4.78, 5) is 0. The molecular formula is C12H19NO2. The topological polar surface area (TPSA) is 66.5 Å². The Balaban J connectivity index is 2.47. The van der Waals surface area contributed by atoms with Crippen molar-refractivity contribution in [2.45, 2.75) is 25.9 Å². The van der Waals surface area contributed by atoms with Crippen molar-refractivity contribution in [3.05, 3.63) is 29.8 Å². The molecule has 1 aromatic carbocycles. The molecule has 1 aromatic rings. The van der Waals surface area contributed by atoms with Crippen LogP contribution in [0.25, 0.3) is 0 Å². The van der Waals surface area contributed by atoms with Crippen LogP contribution in [-0.4, -0.2) is 22.9 Å². The van der Waals surface area contributed by atoms with Gasteiger partial charge in [-0.2, -0.15) is 0 Å². The maximum Gasteiger partial charge on any atom is 0.0590 e. The van der Waals surface area contributed by atoms with Crippen molar-refractivity contribution in [2.75, 3.05) is 12.3 Å². The van der Waals surface area contributed by atoms with Crippen LogP contribution < -0.4 is 5.73 Å². The standard InChI is InChI=1S/C12H19NO2/c1-9(8-14)12(15)7-6-10-4-2-3-5-11(10)13/h2-5,9,12,14-15H,6-8,13H2,1H3. The molecule has 84 valence electrons. The molecule has 0 aliphatic carbocycles. The van der Waals surface area contributed by atoms with E-state index in [1.807, 2.05) is 31.2 Å². The summed E-state index contributed by atoms with van der Waals surface area (Å²) in [5.74, 6) is -0.0741. The van der Waals surface area contributed by atoms with Gasteiger partial charge in [0.05, 0.1) is 6.10 Å². The minimum absolute atomic E-state index is 0.0193. The second kappa shape index (κ2) is 5.73. The molecule has 4 N–H and O–H groups in total. The molecular weight excluding hydrogens is 190 g/mol. The molecule has 0 saturated carbocycles. The molecule has 0 bridgehead atoms. The summed E-state index contributed by atoms with van der Waals surface area (Å²) in [6, 6.07) is 7.65. The number of nitrogens with two attached hydrogens (primary N) is 1. The van der Waals surface area contributed by atoms with Crippen LogP contribution in [0.4, 0.5) is 5.69 Å². The first-order valence-corrected chi connectivity index (χ1v) is 5.27. The van der Waals surface area contributed by atoms with E-state index in [4.69, 9.17) is 10.8 Å². The van der Waals surface area contributed by atoms with Gasteiger partial charge < -0.3 is 15.9 Å². The molecule has 3 nitrogen and oxygen atoms in total. The van der Waals surface area contributed by atoms with E-state index >= 15 is 0 Å². The Morgan fingerprint density at radius 2 is 2.00 bits per heavy atom. The van der Waals surface area contributed by atoms with E-state index in [2.05, 4.69) is 0 Å². The lowest BCUT2D eigenvalue weighted by atomic mass is 9.98. The molecule has 3 heteroatoms. The Labute approximate surface area is 90.5 Å². The number of anilines is 1. The lowest BCUT2D eigenvalue weighted by molar-refractivity contribution is 0.0709. The van der Waals surface area contributed by atoms with Gasteiger partial charge in [-0.3, -0.25) is 0 Å². The van der Waals surface area contributed by atoms with Gasteiger partial charge >= 0.3 is 0 Å². The lowest BCUT2D eigenvalue weighted by Gasteiger charge is -2.16. The predicted molar refractivity (Wildman–Crippen MR) is 61.4 cm³/mol. The summed E-state index contributed by atoms with van der Waals surface area (Å²) in [5, 5.41) is 18.5. The van der Waals surface area contributed by atoms with Gasteiger partial charge in [0.15, 0.2) is 0 Å². The zero-order valence-corrected chi connectivity index (χ0v) is 9.06. The van der Waals surface area contributed by atoms with Crippen molar-refractivity contribution < 1.29 is 10.2 Å². The van der Waals surface area contributed by atoms with Crippen LogP contribution in [0.5, 0.6) is 0 Å². The average Bonchev–Trinajstić information content (AvgIpc) is 2.26. The summed E-state index contributed by atoms with van der Waals surface area (Å²) in [6.45, 7) is 1.85. The smallest absolute Gasteiger partial charge is 0.0590 e. The molecule has 0 aromatic heterocycles. The molecule has 0 amide bonds. The highest BCUT2D eigenvalue weighted by atomic mass is 16.3. The number of para-hydroxylation sites is 1. The molecule has 0 spiro atoms. The maximum atomic E-state index is 9.67. The summed E-state index contributed by atoms with van der Waals surface area (Å²) in [5.41, 5.74) is 7.61. The highest BCUT2D eigenvalue weighted by Gasteiger charge is 2.13. The summed E-state index contributed by atoms with van der Waals surface area (Å²) >= 11 is 0. The lowest BCUT2D eigenvalue weighted by Crippen LogP contribution is -2.21. The first-order chi connectivity index (χ1) is 7.15. The van der Waals surface area contributed by atoms with Gasteiger partial charge in [-0.1, -0.05) is 25.1 Å². The van der Waals surface area contributed by atoms with Crippen LogP contribution in [0.1, 0.15) is 18.9 Å². The van der Waals surface area contributed by atoms with Crippen LogP contribution in [0.15, 0.2) is 24.3 Å². The minimum Gasteiger partial charge on any atom is -0.399 e. The number of aliphatic hydroxyl groups is 2. The second-order valence-corrected chi connectivity index (χ2v) is 3.96. The van der Waals surface area contributed by atoms with Crippen LogP contribution in [0, 0.1) is 5.92 Å².